The van der Waals surface area contributed by atoms with Crippen LogP contribution in [0.2, 0.25) is 0 Å². The molecule has 5 aliphatic rings. The number of Topliss-reactive ketones (excluding diaryl/α,β-unsaturated/α-hetero) is 1. The molecule has 4 aliphatic carbocycles. The summed E-state index contributed by atoms with van der Waals surface area (Å²) in [5, 5.41) is 14.6. The van der Waals surface area contributed by atoms with E-state index in [1.807, 2.05) is 12.1 Å². The third-order valence-electron chi connectivity index (χ3n) is 10.6. The SMILES string of the molecule is CC(=O)O[C@H]1CC[C@@]2(C)C(=CC[C@@H]3[C@@H]2CC[C@]2(C)C(=O)C(C4(O)C(=O)Nc5ccccc54)C[C@@H]32)C1. The number of para-hydroxylation sites is 1. The van der Waals surface area contributed by atoms with Gasteiger partial charge in [-0.25, -0.2) is 0 Å². The van der Waals surface area contributed by atoms with E-state index in [9.17, 15) is 19.5 Å². The molecule has 1 heterocycles. The summed E-state index contributed by atoms with van der Waals surface area (Å²) in [6, 6.07) is 7.20. The van der Waals surface area contributed by atoms with Crippen molar-refractivity contribution in [2.45, 2.75) is 77.4 Å². The molecule has 3 fully saturated rings. The summed E-state index contributed by atoms with van der Waals surface area (Å²) < 4.78 is 5.55. The number of fused-ring (bicyclic) bond motifs is 6. The van der Waals surface area contributed by atoms with Crippen molar-refractivity contribution in [2.24, 2.45) is 34.5 Å². The number of ether oxygens (including phenoxy) is 1. The van der Waals surface area contributed by atoms with Gasteiger partial charge >= 0.3 is 5.97 Å². The number of allylic oxidation sites excluding steroid dienone is 1. The summed E-state index contributed by atoms with van der Waals surface area (Å²) >= 11 is 0. The van der Waals surface area contributed by atoms with Crippen LogP contribution in [-0.4, -0.2) is 28.9 Å². The van der Waals surface area contributed by atoms with Crippen LogP contribution in [0.5, 0.6) is 0 Å². The molecule has 1 aliphatic heterocycles. The van der Waals surface area contributed by atoms with Crippen molar-refractivity contribution < 1.29 is 24.2 Å². The molecule has 3 saturated carbocycles. The number of anilines is 1. The van der Waals surface area contributed by atoms with Gasteiger partial charge in [0, 0.05) is 30.0 Å². The van der Waals surface area contributed by atoms with Gasteiger partial charge in [-0.3, -0.25) is 14.4 Å². The monoisotopic (exact) mass is 477 g/mol. The molecule has 6 rings (SSSR count). The largest absolute Gasteiger partial charge is 0.462 e. The fourth-order valence-electron chi connectivity index (χ4n) is 8.75. The fourth-order valence-corrected chi connectivity index (χ4v) is 8.75. The Labute approximate surface area is 206 Å². The lowest BCUT2D eigenvalue weighted by molar-refractivity contribution is -0.150. The quantitative estimate of drug-likeness (QED) is 0.483. The highest BCUT2D eigenvalue weighted by Crippen LogP contribution is 2.66. The Kier molecular flexibility index (Phi) is 4.93. The second-order valence-electron chi connectivity index (χ2n) is 12.1. The number of carbonyl (C=O) groups excluding carboxylic acids is 3. The Morgan fingerprint density at radius 2 is 1.83 bits per heavy atom. The van der Waals surface area contributed by atoms with Crippen molar-refractivity contribution in [2.75, 3.05) is 5.32 Å². The normalized spacial score (nSPS) is 43.9. The Morgan fingerprint density at radius 1 is 1.09 bits per heavy atom. The third kappa shape index (κ3) is 3.01. The first-order chi connectivity index (χ1) is 16.6. The zero-order valence-corrected chi connectivity index (χ0v) is 20.8. The zero-order chi connectivity index (χ0) is 24.8. The fraction of sp³-hybridized carbons (Fsp3) is 0.621. The molecule has 6 heteroatoms. The minimum atomic E-state index is -1.80. The van der Waals surface area contributed by atoms with Crippen molar-refractivity contribution in [1.82, 2.24) is 0 Å². The van der Waals surface area contributed by atoms with E-state index in [4.69, 9.17) is 4.74 Å². The van der Waals surface area contributed by atoms with Gasteiger partial charge in [0.1, 0.15) is 11.9 Å². The molecule has 6 nitrogen and oxygen atoms in total. The Bertz CT molecular complexity index is 1160. The second-order valence-corrected chi connectivity index (χ2v) is 12.1. The minimum Gasteiger partial charge on any atom is -0.462 e. The van der Waals surface area contributed by atoms with Crippen molar-refractivity contribution >= 4 is 23.3 Å². The number of carbonyl (C=O) groups is 3. The maximum Gasteiger partial charge on any atom is 0.302 e. The number of esters is 1. The summed E-state index contributed by atoms with van der Waals surface area (Å²) in [6.45, 7) is 5.92. The highest BCUT2D eigenvalue weighted by molar-refractivity contribution is 6.09. The molecule has 0 radical (unpaired) electrons. The minimum absolute atomic E-state index is 0.0372. The molecule has 0 aromatic heterocycles. The van der Waals surface area contributed by atoms with E-state index in [1.54, 1.807) is 12.1 Å². The lowest BCUT2D eigenvalue weighted by Crippen LogP contribution is -2.51. The highest BCUT2D eigenvalue weighted by Gasteiger charge is 2.66. The zero-order valence-electron chi connectivity index (χ0n) is 20.8. The van der Waals surface area contributed by atoms with Crippen LogP contribution in [0, 0.1) is 34.5 Å². The van der Waals surface area contributed by atoms with Gasteiger partial charge in [-0.05, 0) is 67.8 Å². The standard InChI is InChI=1S/C29H35NO5/c1-16(31)35-18-10-12-27(2)17(14-18)8-9-19-20(27)11-13-28(3)22(19)15-23(25(28)32)29(34)21-6-4-5-7-24(21)30-26(29)33/h4-8,18-20,22-23,34H,9-15H2,1-3H3,(H,30,33)/t18-,19+,20-,22-,23?,27-,28-,29?/m0/s1. The van der Waals surface area contributed by atoms with Gasteiger partial charge in [-0.1, -0.05) is 43.7 Å². The molecule has 0 bridgehead atoms. The van der Waals surface area contributed by atoms with E-state index in [-0.39, 0.29) is 29.2 Å². The maximum atomic E-state index is 14.0. The van der Waals surface area contributed by atoms with Crippen LogP contribution in [0.3, 0.4) is 0 Å². The van der Waals surface area contributed by atoms with Crippen molar-refractivity contribution in [3.05, 3.63) is 41.5 Å². The molecule has 0 saturated heterocycles. The molecular weight excluding hydrogens is 442 g/mol. The third-order valence-corrected chi connectivity index (χ3v) is 10.6. The smallest absolute Gasteiger partial charge is 0.302 e. The predicted molar refractivity (Wildman–Crippen MR) is 130 cm³/mol. The van der Waals surface area contributed by atoms with E-state index in [1.165, 1.54) is 12.5 Å². The van der Waals surface area contributed by atoms with Gasteiger partial charge in [-0.15, -0.1) is 0 Å². The van der Waals surface area contributed by atoms with E-state index < -0.39 is 22.8 Å². The molecule has 1 amide bonds. The van der Waals surface area contributed by atoms with Gasteiger partial charge in [0.2, 0.25) is 0 Å². The molecule has 8 atom stereocenters. The summed E-state index contributed by atoms with van der Waals surface area (Å²) in [7, 11) is 0. The van der Waals surface area contributed by atoms with Gasteiger partial charge in [0.25, 0.3) is 5.91 Å². The van der Waals surface area contributed by atoms with E-state index in [0.717, 1.165) is 38.5 Å². The topological polar surface area (TPSA) is 92.7 Å². The van der Waals surface area contributed by atoms with Gasteiger partial charge in [-0.2, -0.15) is 0 Å². The van der Waals surface area contributed by atoms with E-state index in [0.29, 0.717) is 29.5 Å². The lowest BCUT2D eigenvalue weighted by atomic mass is 9.48. The number of amides is 1. The Balaban J connectivity index is 1.32. The number of hydrogen-bond acceptors (Lipinski definition) is 5. The van der Waals surface area contributed by atoms with Gasteiger partial charge in [0.15, 0.2) is 5.60 Å². The van der Waals surface area contributed by atoms with Crippen molar-refractivity contribution in [3.8, 4) is 0 Å². The number of rotatable bonds is 2. The summed E-state index contributed by atoms with van der Waals surface area (Å²) in [6.07, 6.45) is 8.20. The molecule has 1 aromatic carbocycles. The van der Waals surface area contributed by atoms with Crippen LogP contribution >= 0.6 is 0 Å². The molecular formula is C29H35NO5. The first-order valence-electron chi connectivity index (χ1n) is 13.1. The Morgan fingerprint density at radius 3 is 2.60 bits per heavy atom. The lowest BCUT2D eigenvalue weighted by Gasteiger charge is -2.56. The molecule has 35 heavy (non-hydrogen) atoms. The average molecular weight is 478 g/mol. The molecule has 1 aromatic rings. The van der Waals surface area contributed by atoms with E-state index in [2.05, 4.69) is 25.2 Å². The first-order valence-corrected chi connectivity index (χ1v) is 13.1. The van der Waals surface area contributed by atoms with E-state index >= 15 is 0 Å². The molecule has 2 N–H and O–H groups in total. The average Bonchev–Trinajstić information content (AvgIpc) is 3.24. The van der Waals surface area contributed by atoms with Crippen molar-refractivity contribution in [3.63, 3.8) is 0 Å². The highest BCUT2D eigenvalue weighted by atomic mass is 16.5. The summed E-state index contributed by atoms with van der Waals surface area (Å²) in [4.78, 5) is 38.6. The van der Waals surface area contributed by atoms with Crippen molar-refractivity contribution in [1.29, 1.82) is 0 Å². The number of benzene rings is 1. The molecule has 186 valence electrons. The number of ketones is 1. The van der Waals surface area contributed by atoms with Gasteiger partial charge < -0.3 is 15.2 Å². The predicted octanol–water partition coefficient (Wildman–Crippen LogP) is 4.52. The van der Waals surface area contributed by atoms with Crippen LogP contribution in [0.4, 0.5) is 5.69 Å². The van der Waals surface area contributed by atoms with Crippen LogP contribution in [-0.2, 0) is 24.7 Å². The van der Waals surface area contributed by atoms with Crippen LogP contribution in [0.25, 0.3) is 0 Å². The van der Waals surface area contributed by atoms with Crippen LogP contribution < -0.4 is 5.32 Å². The summed E-state index contributed by atoms with van der Waals surface area (Å²) in [5.74, 6) is -0.407. The Hall–Kier alpha value is -2.47. The number of hydrogen-bond donors (Lipinski definition) is 2. The second kappa shape index (κ2) is 7.52. The first kappa shape index (κ1) is 23.0. The molecule has 0 spiro atoms. The molecule has 2 unspecified atom stereocenters. The number of aliphatic hydroxyl groups is 1. The number of nitrogens with one attached hydrogen (secondary N) is 1. The summed E-state index contributed by atoms with van der Waals surface area (Å²) in [5.41, 5.74) is 0.275. The van der Waals surface area contributed by atoms with Gasteiger partial charge in [0.05, 0.1) is 5.92 Å². The van der Waals surface area contributed by atoms with Crippen LogP contribution in [0.1, 0.15) is 71.3 Å². The van der Waals surface area contributed by atoms with Crippen LogP contribution in [0.15, 0.2) is 35.9 Å². The maximum absolute atomic E-state index is 14.0.